The molecule has 0 spiro atoms. The zero-order valence-corrected chi connectivity index (χ0v) is 12.1. The van der Waals surface area contributed by atoms with Crippen molar-refractivity contribution in [3.05, 3.63) is 33.3 Å². The maximum atomic E-state index is 8.55. The van der Waals surface area contributed by atoms with E-state index in [4.69, 9.17) is 21.4 Å². The molecule has 1 aromatic rings. The number of hydrogen-bond donors (Lipinski definition) is 2. The molecule has 3 nitrogen and oxygen atoms in total. The monoisotopic (exact) mass is 321 g/mol. The molecule has 0 bridgehead atoms. The van der Waals surface area contributed by atoms with Crippen LogP contribution in [0.3, 0.4) is 0 Å². The van der Waals surface area contributed by atoms with Crippen molar-refractivity contribution < 1.29 is 9.84 Å². The standard InChI is InChI=1S/C12H17BrClNO2/c1-9(15-4-6-17-7-5-16)11-3-2-10(13)8-12(11)14/h2-3,8-9,15-16H,4-7H2,1H3. The van der Waals surface area contributed by atoms with E-state index in [0.29, 0.717) is 13.2 Å². The van der Waals surface area contributed by atoms with Gasteiger partial charge in [-0.25, -0.2) is 0 Å². The van der Waals surface area contributed by atoms with Gasteiger partial charge >= 0.3 is 0 Å². The second-order valence-corrected chi connectivity index (χ2v) is 5.00. The summed E-state index contributed by atoms with van der Waals surface area (Å²) in [6.45, 7) is 3.82. The van der Waals surface area contributed by atoms with Crippen LogP contribution in [0.15, 0.2) is 22.7 Å². The van der Waals surface area contributed by atoms with Gasteiger partial charge in [-0.2, -0.15) is 0 Å². The summed E-state index contributed by atoms with van der Waals surface area (Å²) < 4.78 is 6.14. The number of halogens is 2. The zero-order chi connectivity index (χ0) is 12.7. The lowest BCUT2D eigenvalue weighted by Gasteiger charge is -2.15. The van der Waals surface area contributed by atoms with Crippen molar-refractivity contribution in [1.29, 1.82) is 0 Å². The van der Waals surface area contributed by atoms with Gasteiger partial charge in [-0.1, -0.05) is 33.6 Å². The van der Waals surface area contributed by atoms with Crippen LogP contribution >= 0.6 is 27.5 Å². The van der Waals surface area contributed by atoms with Gasteiger partial charge in [-0.05, 0) is 24.6 Å². The molecule has 0 amide bonds. The van der Waals surface area contributed by atoms with Crippen LogP contribution in [0, 0.1) is 0 Å². The van der Waals surface area contributed by atoms with E-state index in [9.17, 15) is 0 Å². The van der Waals surface area contributed by atoms with Crippen molar-refractivity contribution in [2.24, 2.45) is 0 Å². The SMILES string of the molecule is CC(NCCOCCO)c1ccc(Br)cc1Cl. The fraction of sp³-hybridized carbons (Fsp3) is 0.500. The number of aliphatic hydroxyl groups is 1. The molecule has 96 valence electrons. The van der Waals surface area contributed by atoms with Gasteiger partial charge in [0.2, 0.25) is 0 Å². The van der Waals surface area contributed by atoms with E-state index in [0.717, 1.165) is 21.6 Å². The van der Waals surface area contributed by atoms with E-state index >= 15 is 0 Å². The third-order valence-corrected chi connectivity index (χ3v) is 3.18. The van der Waals surface area contributed by atoms with E-state index in [1.165, 1.54) is 0 Å². The summed E-state index contributed by atoms with van der Waals surface area (Å²) in [7, 11) is 0. The van der Waals surface area contributed by atoms with Gasteiger partial charge in [0.25, 0.3) is 0 Å². The summed E-state index contributed by atoms with van der Waals surface area (Å²) in [5.41, 5.74) is 1.07. The second kappa shape index (κ2) is 8.06. The molecule has 1 aromatic carbocycles. The Kier molecular flexibility index (Phi) is 7.08. The molecule has 0 fully saturated rings. The van der Waals surface area contributed by atoms with Gasteiger partial charge in [0.1, 0.15) is 0 Å². The Morgan fingerprint density at radius 2 is 2.24 bits per heavy atom. The van der Waals surface area contributed by atoms with Crippen LogP contribution in [-0.2, 0) is 4.74 Å². The third kappa shape index (κ3) is 5.36. The Morgan fingerprint density at radius 3 is 2.88 bits per heavy atom. The van der Waals surface area contributed by atoms with Crippen LogP contribution in [0.4, 0.5) is 0 Å². The fourth-order valence-electron chi connectivity index (χ4n) is 1.48. The molecule has 0 aliphatic rings. The highest BCUT2D eigenvalue weighted by Crippen LogP contribution is 2.26. The van der Waals surface area contributed by atoms with Crippen LogP contribution in [-0.4, -0.2) is 31.5 Å². The predicted octanol–water partition coefficient (Wildman–Crippen LogP) is 2.76. The molecule has 2 N–H and O–H groups in total. The van der Waals surface area contributed by atoms with Crippen molar-refractivity contribution in [3.8, 4) is 0 Å². The first-order valence-corrected chi connectivity index (χ1v) is 6.69. The van der Waals surface area contributed by atoms with Crippen LogP contribution in [0.2, 0.25) is 5.02 Å². The molecule has 0 saturated carbocycles. The first-order chi connectivity index (χ1) is 8.15. The van der Waals surface area contributed by atoms with Crippen molar-refractivity contribution in [1.82, 2.24) is 5.32 Å². The van der Waals surface area contributed by atoms with Crippen LogP contribution < -0.4 is 5.32 Å². The van der Waals surface area contributed by atoms with Crippen molar-refractivity contribution >= 4 is 27.5 Å². The molecule has 0 saturated heterocycles. The second-order valence-electron chi connectivity index (χ2n) is 3.68. The summed E-state index contributed by atoms with van der Waals surface area (Å²) in [6.07, 6.45) is 0. The average Bonchev–Trinajstić information content (AvgIpc) is 2.28. The smallest absolute Gasteiger partial charge is 0.0698 e. The molecule has 0 heterocycles. The highest BCUT2D eigenvalue weighted by molar-refractivity contribution is 9.10. The molecule has 17 heavy (non-hydrogen) atoms. The maximum absolute atomic E-state index is 8.55. The Hall–Kier alpha value is -0.130. The first kappa shape index (κ1) is 14.9. The molecule has 0 aromatic heterocycles. The number of hydrogen-bond acceptors (Lipinski definition) is 3. The molecule has 1 rings (SSSR count). The minimum Gasteiger partial charge on any atom is -0.394 e. The molecule has 0 aliphatic carbocycles. The summed E-state index contributed by atoms with van der Waals surface area (Å²) in [5.74, 6) is 0. The van der Waals surface area contributed by atoms with Gasteiger partial charge in [0.05, 0.1) is 19.8 Å². The summed E-state index contributed by atoms with van der Waals surface area (Å²) in [5, 5.41) is 12.6. The Morgan fingerprint density at radius 1 is 1.47 bits per heavy atom. The van der Waals surface area contributed by atoms with Crippen LogP contribution in [0.5, 0.6) is 0 Å². The molecule has 5 heteroatoms. The van der Waals surface area contributed by atoms with E-state index < -0.39 is 0 Å². The topological polar surface area (TPSA) is 41.5 Å². The lowest BCUT2D eigenvalue weighted by atomic mass is 10.1. The van der Waals surface area contributed by atoms with E-state index in [1.807, 2.05) is 18.2 Å². The molecule has 1 atom stereocenters. The van der Waals surface area contributed by atoms with Gasteiger partial charge in [0, 0.05) is 22.1 Å². The lowest BCUT2D eigenvalue weighted by molar-refractivity contribution is 0.0928. The van der Waals surface area contributed by atoms with E-state index in [1.54, 1.807) is 0 Å². The predicted molar refractivity (Wildman–Crippen MR) is 73.5 cm³/mol. The molecule has 0 aliphatic heterocycles. The fourth-order valence-corrected chi connectivity index (χ4v) is 2.31. The minimum atomic E-state index is 0.0636. The van der Waals surface area contributed by atoms with E-state index in [2.05, 4.69) is 28.2 Å². The van der Waals surface area contributed by atoms with Crippen molar-refractivity contribution in [3.63, 3.8) is 0 Å². The minimum absolute atomic E-state index is 0.0636. The average molecular weight is 323 g/mol. The number of ether oxygens (including phenoxy) is 1. The number of rotatable bonds is 7. The first-order valence-electron chi connectivity index (χ1n) is 5.52. The van der Waals surface area contributed by atoms with E-state index in [-0.39, 0.29) is 12.6 Å². The largest absolute Gasteiger partial charge is 0.394 e. The van der Waals surface area contributed by atoms with Crippen molar-refractivity contribution in [2.45, 2.75) is 13.0 Å². The van der Waals surface area contributed by atoms with Crippen molar-refractivity contribution in [2.75, 3.05) is 26.4 Å². The highest BCUT2D eigenvalue weighted by Gasteiger charge is 2.08. The Bertz CT molecular complexity index is 349. The highest BCUT2D eigenvalue weighted by atomic mass is 79.9. The number of aliphatic hydroxyl groups excluding tert-OH is 1. The Balaban J connectivity index is 2.38. The molecular formula is C12H17BrClNO2. The molecule has 1 unspecified atom stereocenters. The quantitative estimate of drug-likeness (QED) is 0.759. The summed E-state index contributed by atoms with van der Waals surface area (Å²) in [6, 6.07) is 6.03. The van der Waals surface area contributed by atoms with Gasteiger partial charge in [0.15, 0.2) is 0 Å². The number of nitrogens with one attached hydrogen (secondary N) is 1. The lowest BCUT2D eigenvalue weighted by Crippen LogP contribution is -2.24. The van der Waals surface area contributed by atoms with Gasteiger partial charge in [-0.3, -0.25) is 0 Å². The zero-order valence-electron chi connectivity index (χ0n) is 9.75. The van der Waals surface area contributed by atoms with Gasteiger partial charge in [-0.15, -0.1) is 0 Å². The third-order valence-electron chi connectivity index (χ3n) is 2.36. The van der Waals surface area contributed by atoms with Crippen LogP contribution in [0.1, 0.15) is 18.5 Å². The Labute approximate surface area is 115 Å². The normalized spacial score (nSPS) is 12.7. The van der Waals surface area contributed by atoms with Crippen LogP contribution in [0.25, 0.3) is 0 Å². The molecular weight excluding hydrogens is 305 g/mol. The van der Waals surface area contributed by atoms with Gasteiger partial charge < -0.3 is 15.2 Å². The summed E-state index contributed by atoms with van der Waals surface area (Å²) in [4.78, 5) is 0. The maximum Gasteiger partial charge on any atom is 0.0698 e. The number of benzene rings is 1. The summed E-state index contributed by atoms with van der Waals surface area (Å²) >= 11 is 9.53. The molecule has 0 radical (unpaired) electrons.